The van der Waals surface area contributed by atoms with Crippen LogP contribution >= 0.6 is 0 Å². The van der Waals surface area contributed by atoms with E-state index in [0.717, 1.165) is 5.92 Å². The van der Waals surface area contributed by atoms with Crippen LogP contribution in [0.4, 0.5) is 5.69 Å². The van der Waals surface area contributed by atoms with Gasteiger partial charge in [-0.15, -0.1) is 0 Å². The molecule has 21 heavy (non-hydrogen) atoms. The van der Waals surface area contributed by atoms with Crippen molar-refractivity contribution in [1.82, 2.24) is 9.88 Å². The van der Waals surface area contributed by atoms with E-state index in [1.54, 1.807) is 0 Å². The first-order chi connectivity index (χ1) is 10.3. The van der Waals surface area contributed by atoms with Crippen molar-refractivity contribution in [2.75, 3.05) is 25.0 Å². The minimum absolute atomic E-state index is 0.546. The van der Waals surface area contributed by atoms with Crippen molar-refractivity contribution >= 4 is 16.6 Å². The smallest absolute Gasteiger partial charge is 0.0455 e. The fraction of sp³-hybridized carbons (Fsp3) is 0.556. The highest BCUT2D eigenvalue weighted by atomic mass is 15.1. The molecule has 1 unspecified atom stereocenters. The third-order valence-electron chi connectivity index (χ3n) is 4.83. The van der Waals surface area contributed by atoms with Crippen molar-refractivity contribution in [2.24, 2.45) is 5.92 Å². The van der Waals surface area contributed by atoms with Gasteiger partial charge in [0.05, 0.1) is 0 Å². The first-order valence-corrected chi connectivity index (χ1v) is 8.32. The molecule has 0 aliphatic carbocycles. The number of benzene rings is 1. The molecule has 2 N–H and O–H groups in total. The summed E-state index contributed by atoms with van der Waals surface area (Å²) in [5.74, 6) is 0.792. The second-order valence-corrected chi connectivity index (χ2v) is 6.39. The van der Waals surface area contributed by atoms with Crippen LogP contribution in [-0.4, -0.2) is 35.6 Å². The highest BCUT2D eigenvalue weighted by molar-refractivity contribution is 5.83. The molecule has 1 aromatic heterocycles. The lowest BCUT2D eigenvalue weighted by Crippen LogP contribution is -2.39. The van der Waals surface area contributed by atoms with E-state index in [1.165, 1.54) is 55.5 Å². The standard InChI is InChI=1S/C18H27N3/c1-3-10-21-11-7-15(8-12-21)14(2)20-17-4-5-18-16(13-17)6-9-19-18/h4-6,9,13-15,19-20H,3,7-8,10-12H2,1-2H3. The number of likely N-dealkylation sites (tertiary alicyclic amines) is 1. The van der Waals surface area contributed by atoms with E-state index in [2.05, 4.69) is 53.3 Å². The Morgan fingerprint density at radius 3 is 2.86 bits per heavy atom. The summed E-state index contributed by atoms with van der Waals surface area (Å²) in [7, 11) is 0. The maximum Gasteiger partial charge on any atom is 0.0455 e. The van der Waals surface area contributed by atoms with E-state index in [4.69, 9.17) is 0 Å². The van der Waals surface area contributed by atoms with E-state index in [1.807, 2.05) is 6.20 Å². The van der Waals surface area contributed by atoms with Crippen molar-refractivity contribution in [1.29, 1.82) is 0 Å². The zero-order valence-electron chi connectivity index (χ0n) is 13.2. The van der Waals surface area contributed by atoms with Crippen LogP contribution in [0.5, 0.6) is 0 Å². The van der Waals surface area contributed by atoms with Crippen LogP contribution in [0.3, 0.4) is 0 Å². The van der Waals surface area contributed by atoms with Gasteiger partial charge in [-0.1, -0.05) is 6.92 Å². The van der Waals surface area contributed by atoms with E-state index in [-0.39, 0.29) is 0 Å². The zero-order valence-corrected chi connectivity index (χ0v) is 13.2. The summed E-state index contributed by atoms with van der Waals surface area (Å²) >= 11 is 0. The number of nitrogens with one attached hydrogen (secondary N) is 2. The Morgan fingerprint density at radius 2 is 2.10 bits per heavy atom. The van der Waals surface area contributed by atoms with Gasteiger partial charge in [0, 0.05) is 28.8 Å². The van der Waals surface area contributed by atoms with Crippen LogP contribution in [0.2, 0.25) is 0 Å². The summed E-state index contributed by atoms with van der Waals surface area (Å²) in [4.78, 5) is 5.85. The molecule has 0 amide bonds. The minimum atomic E-state index is 0.546. The molecular formula is C18H27N3. The van der Waals surface area contributed by atoms with Gasteiger partial charge in [-0.05, 0) is 76.0 Å². The molecule has 1 atom stereocenters. The molecule has 3 heteroatoms. The molecule has 0 bridgehead atoms. The Kier molecular flexibility index (Phi) is 4.49. The van der Waals surface area contributed by atoms with Gasteiger partial charge in [-0.2, -0.15) is 0 Å². The number of anilines is 1. The molecule has 114 valence electrons. The molecule has 3 rings (SSSR count). The van der Waals surface area contributed by atoms with E-state index < -0.39 is 0 Å². The predicted octanol–water partition coefficient (Wildman–Crippen LogP) is 4.09. The topological polar surface area (TPSA) is 31.1 Å². The maximum atomic E-state index is 3.71. The molecule has 1 aliphatic rings. The van der Waals surface area contributed by atoms with Crippen molar-refractivity contribution < 1.29 is 0 Å². The molecule has 2 aromatic rings. The van der Waals surface area contributed by atoms with Crippen molar-refractivity contribution in [2.45, 2.75) is 39.2 Å². The Hall–Kier alpha value is -1.48. The second kappa shape index (κ2) is 6.52. The lowest BCUT2D eigenvalue weighted by atomic mass is 9.90. The number of aromatic amines is 1. The number of hydrogen-bond donors (Lipinski definition) is 2. The molecule has 1 aromatic carbocycles. The minimum Gasteiger partial charge on any atom is -0.382 e. The van der Waals surface area contributed by atoms with Crippen molar-refractivity contribution in [3.8, 4) is 0 Å². The van der Waals surface area contributed by atoms with Crippen LogP contribution in [0.25, 0.3) is 10.9 Å². The Bertz CT molecular complexity index is 567. The molecule has 1 aliphatic heterocycles. The van der Waals surface area contributed by atoms with E-state index in [9.17, 15) is 0 Å². The van der Waals surface area contributed by atoms with Gasteiger partial charge in [-0.3, -0.25) is 0 Å². The second-order valence-electron chi connectivity index (χ2n) is 6.39. The quantitative estimate of drug-likeness (QED) is 0.867. The summed E-state index contributed by atoms with van der Waals surface area (Å²) in [6.45, 7) is 8.40. The summed E-state index contributed by atoms with van der Waals surface area (Å²) in [5, 5.41) is 4.99. The average molecular weight is 285 g/mol. The summed E-state index contributed by atoms with van der Waals surface area (Å²) in [6, 6.07) is 9.27. The third kappa shape index (κ3) is 3.41. The van der Waals surface area contributed by atoms with Gasteiger partial charge in [-0.25, -0.2) is 0 Å². The van der Waals surface area contributed by atoms with E-state index in [0.29, 0.717) is 6.04 Å². The first kappa shape index (κ1) is 14.5. The van der Waals surface area contributed by atoms with Gasteiger partial charge >= 0.3 is 0 Å². The Balaban J connectivity index is 1.57. The van der Waals surface area contributed by atoms with Gasteiger partial charge in [0.1, 0.15) is 0 Å². The van der Waals surface area contributed by atoms with Crippen LogP contribution in [0, 0.1) is 5.92 Å². The fourth-order valence-corrected chi connectivity index (χ4v) is 3.52. The molecular weight excluding hydrogens is 258 g/mol. The number of hydrogen-bond acceptors (Lipinski definition) is 2. The zero-order chi connectivity index (χ0) is 14.7. The van der Waals surface area contributed by atoms with Gasteiger partial charge in [0.2, 0.25) is 0 Å². The van der Waals surface area contributed by atoms with Crippen LogP contribution < -0.4 is 5.32 Å². The predicted molar refractivity (Wildman–Crippen MR) is 90.8 cm³/mol. The molecule has 2 heterocycles. The van der Waals surface area contributed by atoms with E-state index >= 15 is 0 Å². The number of rotatable bonds is 5. The first-order valence-electron chi connectivity index (χ1n) is 8.32. The SMILES string of the molecule is CCCN1CCC(C(C)Nc2ccc3[nH]ccc3c2)CC1. The molecule has 0 radical (unpaired) electrons. The molecule has 1 saturated heterocycles. The van der Waals surface area contributed by atoms with Gasteiger partial charge < -0.3 is 15.2 Å². The normalized spacial score (nSPS) is 19.0. The number of fused-ring (bicyclic) bond motifs is 1. The Labute approximate surface area is 127 Å². The number of piperidine rings is 1. The molecule has 1 fully saturated rings. The average Bonchev–Trinajstić information content (AvgIpc) is 2.96. The van der Waals surface area contributed by atoms with Crippen molar-refractivity contribution in [3.63, 3.8) is 0 Å². The monoisotopic (exact) mass is 285 g/mol. The number of aromatic nitrogens is 1. The third-order valence-corrected chi connectivity index (χ3v) is 4.83. The number of nitrogens with zero attached hydrogens (tertiary/aromatic N) is 1. The molecule has 0 saturated carbocycles. The maximum absolute atomic E-state index is 3.71. The lowest BCUT2D eigenvalue weighted by molar-refractivity contribution is 0.176. The van der Waals surface area contributed by atoms with Crippen molar-refractivity contribution in [3.05, 3.63) is 30.5 Å². The number of H-pyrrole nitrogens is 1. The molecule has 3 nitrogen and oxygen atoms in total. The summed E-state index contributed by atoms with van der Waals surface area (Å²) < 4.78 is 0. The highest BCUT2D eigenvalue weighted by Crippen LogP contribution is 2.25. The summed E-state index contributed by atoms with van der Waals surface area (Å²) in [6.07, 6.45) is 5.91. The van der Waals surface area contributed by atoms with Gasteiger partial charge in [0.25, 0.3) is 0 Å². The fourth-order valence-electron chi connectivity index (χ4n) is 3.52. The lowest BCUT2D eigenvalue weighted by Gasteiger charge is -2.35. The highest BCUT2D eigenvalue weighted by Gasteiger charge is 2.23. The van der Waals surface area contributed by atoms with Crippen LogP contribution in [-0.2, 0) is 0 Å². The van der Waals surface area contributed by atoms with Crippen LogP contribution in [0.15, 0.2) is 30.5 Å². The van der Waals surface area contributed by atoms with Gasteiger partial charge in [0.15, 0.2) is 0 Å². The largest absolute Gasteiger partial charge is 0.382 e. The summed E-state index contributed by atoms with van der Waals surface area (Å²) in [5.41, 5.74) is 2.45. The Morgan fingerprint density at radius 1 is 1.29 bits per heavy atom. The molecule has 0 spiro atoms. The van der Waals surface area contributed by atoms with Crippen LogP contribution in [0.1, 0.15) is 33.1 Å².